The Bertz CT molecular complexity index is 308. The van der Waals surface area contributed by atoms with Crippen molar-refractivity contribution in [2.45, 2.75) is 26.7 Å². The van der Waals surface area contributed by atoms with E-state index in [0.29, 0.717) is 12.5 Å². The van der Waals surface area contributed by atoms with E-state index in [9.17, 15) is 8.78 Å². The van der Waals surface area contributed by atoms with Crippen molar-refractivity contribution in [3.05, 3.63) is 29.8 Å². The second kappa shape index (κ2) is 5.69. The minimum Gasteiger partial charge on any atom is -0.490 e. The van der Waals surface area contributed by atoms with E-state index in [1.54, 1.807) is 0 Å². The van der Waals surface area contributed by atoms with Crippen LogP contribution in [0.15, 0.2) is 18.2 Å². The van der Waals surface area contributed by atoms with E-state index in [2.05, 4.69) is 0 Å². The van der Waals surface area contributed by atoms with Gasteiger partial charge in [-0.05, 0) is 30.9 Å². The van der Waals surface area contributed by atoms with Crippen molar-refractivity contribution in [2.24, 2.45) is 5.92 Å². The molecule has 1 aliphatic carbocycles. The molecule has 0 aromatic heterocycles. The third-order valence-corrected chi connectivity index (χ3v) is 2.07. The Morgan fingerprint density at radius 2 is 1.93 bits per heavy atom. The highest BCUT2D eigenvalue weighted by molar-refractivity contribution is 5.24. The quantitative estimate of drug-likeness (QED) is 0.744. The van der Waals surface area contributed by atoms with Crippen molar-refractivity contribution in [3.63, 3.8) is 0 Å². The predicted molar refractivity (Wildman–Crippen MR) is 55.9 cm³/mol. The summed E-state index contributed by atoms with van der Waals surface area (Å²) in [5.74, 6) is -0.477. The minimum absolute atomic E-state index is 0.147. The summed E-state index contributed by atoms with van der Waals surface area (Å²) in [4.78, 5) is 0. The van der Waals surface area contributed by atoms with Gasteiger partial charge in [0, 0.05) is 6.07 Å². The lowest BCUT2D eigenvalue weighted by atomic mass is 10.3. The highest BCUT2D eigenvalue weighted by atomic mass is 19.1. The molecule has 1 aromatic carbocycles. The van der Waals surface area contributed by atoms with Crippen LogP contribution in [-0.2, 0) is 0 Å². The highest BCUT2D eigenvalue weighted by Gasteiger charge is 2.22. The summed E-state index contributed by atoms with van der Waals surface area (Å²) < 4.78 is 30.6. The van der Waals surface area contributed by atoms with Crippen LogP contribution >= 0.6 is 0 Å². The molecule has 0 bridgehead atoms. The van der Waals surface area contributed by atoms with Gasteiger partial charge in [-0.3, -0.25) is 0 Å². The number of rotatable bonds is 3. The molecule has 0 atom stereocenters. The van der Waals surface area contributed by atoms with E-state index in [4.69, 9.17) is 4.74 Å². The van der Waals surface area contributed by atoms with Crippen molar-refractivity contribution in [1.82, 2.24) is 0 Å². The van der Waals surface area contributed by atoms with Crippen LogP contribution in [0.4, 0.5) is 8.78 Å². The van der Waals surface area contributed by atoms with Crippen LogP contribution in [-0.4, -0.2) is 6.61 Å². The van der Waals surface area contributed by atoms with E-state index < -0.39 is 11.6 Å². The van der Waals surface area contributed by atoms with Gasteiger partial charge in [0.15, 0.2) is 11.6 Å². The maximum absolute atomic E-state index is 13.0. The maximum Gasteiger partial charge on any atom is 0.167 e. The van der Waals surface area contributed by atoms with Gasteiger partial charge in [0.25, 0.3) is 0 Å². The van der Waals surface area contributed by atoms with Crippen LogP contribution in [0.2, 0.25) is 0 Å². The number of hydrogen-bond acceptors (Lipinski definition) is 1. The summed E-state index contributed by atoms with van der Waals surface area (Å²) in [7, 11) is 0. The van der Waals surface area contributed by atoms with Crippen molar-refractivity contribution < 1.29 is 13.5 Å². The fourth-order valence-electron chi connectivity index (χ4n) is 1.08. The topological polar surface area (TPSA) is 9.23 Å². The van der Waals surface area contributed by atoms with Crippen LogP contribution in [0, 0.1) is 17.6 Å². The van der Waals surface area contributed by atoms with Crippen LogP contribution in [0.5, 0.6) is 5.75 Å². The Labute approximate surface area is 89.1 Å². The van der Waals surface area contributed by atoms with Gasteiger partial charge >= 0.3 is 0 Å². The largest absolute Gasteiger partial charge is 0.490 e. The Kier molecular flexibility index (Phi) is 4.53. The predicted octanol–water partition coefficient (Wildman–Crippen LogP) is 3.78. The number of ether oxygens (including phenoxy) is 1. The molecule has 0 spiro atoms. The van der Waals surface area contributed by atoms with E-state index in [-0.39, 0.29) is 5.75 Å². The lowest BCUT2D eigenvalue weighted by Crippen LogP contribution is -2.00. The summed E-state index contributed by atoms with van der Waals surface area (Å²) in [6.45, 7) is 4.54. The molecule has 1 aliphatic rings. The molecule has 0 amide bonds. The summed E-state index contributed by atoms with van der Waals surface area (Å²) in [5, 5.41) is 0. The minimum atomic E-state index is -0.624. The molecule has 1 fully saturated rings. The third kappa shape index (κ3) is 3.86. The van der Waals surface area contributed by atoms with Crippen LogP contribution in [0.25, 0.3) is 0 Å². The molecule has 0 aliphatic heterocycles. The van der Waals surface area contributed by atoms with Gasteiger partial charge in [-0.15, -0.1) is 0 Å². The molecule has 84 valence electrons. The molecule has 3 heteroatoms. The van der Waals surface area contributed by atoms with Crippen molar-refractivity contribution >= 4 is 0 Å². The van der Waals surface area contributed by atoms with Gasteiger partial charge < -0.3 is 4.74 Å². The molecule has 1 nitrogen and oxygen atoms in total. The van der Waals surface area contributed by atoms with Crippen LogP contribution in [0.3, 0.4) is 0 Å². The van der Waals surface area contributed by atoms with Gasteiger partial charge in [-0.2, -0.15) is 0 Å². The van der Waals surface area contributed by atoms with E-state index in [0.717, 1.165) is 18.9 Å². The molecule has 15 heavy (non-hydrogen) atoms. The first-order valence-electron chi connectivity index (χ1n) is 5.33. The standard InChI is InChI=1S/C10H10F2O.C2H6/c11-8-3-4-10(9(12)5-8)13-6-7-1-2-7;1-2/h3-5,7H,1-2,6H2;1-2H3. The first-order valence-corrected chi connectivity index (χ1v) is 5.33. The molecule has 0 heterocycles. The molecule has 1 aromatic rings. The maximum atomic E-state index is 13.0. The summed E-state index contributed by atoms with van der Waals surface area (Å²) >= 11 is 0. The van der Waals surface area contributed by atoms with Gasteiger partial charge in [0.05, 0.1) is 6.61 Å². The van der Waals surface area contributed by atoms with Crippen molar-refractivity contribution in [1.29, 1.82) is 0 Å². The molecule has 1 saturated carbocycles. The second-order valence-electron chi connectivity index (χ2n) is 3.33. The smallest absolute Gasteiger partial charge is 0.167 e. The molecule has 2 rings (SSSR count). The lowest BCUT2D eigenvalue weighted by Gasteiger charge is -2.05. The lowest BCUT2D eigenvalue weighted by molar-refractivity contribution is 0.284. The Morgan fingerprint density at radius 3 is 2.47 bits per heavy atom. The average molecular weight is 214 g/mol. The van der Waals surface area contributed by atoms with Gasteiger partial charge in [0.2, 0.25) is 0 Å². The number of halogens is 2. The van der Waals surface area contributed by atoms with Gasteiger partial charge in [0.1, 0.15) is 5.82 Å². The van der Waals surface area contributed by atoms with Crippen molar-refractivity contribution in [3.8, 4) is 5.75 Å². The summed E-state index contributed by atoms with van der Waals surface area (Å²) in [6, 6.07) is 3.36. The van der Waals surface area contributed by atoms with Gasteiger partial charge in [-0.1, -0.05) is 13.8 Å². The highest BCUT2D eigenvalue weighted by Crippen LogP contribution is 2.30. The van der Waals surface area contributed by atoms with E-state index in [1.807, 2.05) is 13.8 Å². The third-order valence-electron chi connectivity index (χ3n) is 2.07. The average Bonchev–Trinajstić information content (AvgIpc) is 3.03. The van der Waals surface area contributed by atoms with E-state index in [1.165, 1.54) is 12.1 Å². The fraction of sp³-hybridized carbons (Fsp3) is 0.500. The Balaban J connectivity index is 0.000000531. The summed E-state index contributed by atoms with van der Waals surface area (Å²) in [5.41, 5.74) is 0. The number of benzene rings is 1. The second-order valence-corrected chi connectivity index (χ2v) is 3.33. The SMILES string of the molecule is CC.Fc1ccc(OCC2CC2)c(F)c1. The monoisotopic (exact) mass is 214 g/mol. The van der Waals surface area contributed by atoms with Gasteiger partial charge in [-0.25, -0.2) is 8.78 Å². The fourth-order valence-corrected chi connectivity index (χ4v) is 1.08. The summed E-state index contributed by atoms with van der Waals surface area (Å²) in [6.07, 6.45) is 2.31. The first kappa shape index (κ1) is 12.0. The normalized spacial score (nSPS) is 14.1. The number of hydrogen-bond donors (Lipinski definition) is 0. The Morgan fingerprint density at radius 1 is 1.27 bits per heavy atom. The molecular formula is C12H16F2O. The zero-order valence-corrected chi connectivity index (χ0v) is 9.09. The molecule has 0 unspecified atom stereocenters. The Hall–Kier alpha value is -1.12. The van der Waals surface area contributed by atoms with Crippen LogP contribution in [0.1, 0.15) is 26.7 Å². The zero-order chi connectivity index (χ0) is 11.3. The zero-order valence-electron chi connectivity index (χ0n) is 9.09. The molecule has 0 radical (unpaired) electrons. The first-order chi connectivity index (χ1) is 7.25. The van der Waals surface area contributed by atoms with Crippen molar-refractivity contribution in [2.75, 3.05) is 6.61 Å². The molecule has 0 saturated heterocycles. The van der Waals surface area contributed by atoms with Crippen LogP contribution < -0.4 is 4.74 Å². The molecule has 0 N–H and O–H groups in total. The van der Waals surface area contributed by atoms with E-state index >= 15 is 0 Å². The molecular weight excluding hydrogens is 198 g/mol.